The predicted molar refractivity (Wildman–Crippen MR) is 126 cm³/mol. The highest BCUT2D eigenvalue weighted by Crippen LogP contribution is 2.44. The number of hydrogen-bond donors (Lipinski definition) is 3. The van der Waals surface area contributed by atoms with Crippen LogP contribution in [-0.2, 0) is 23.8 Å². The molecule has 0 saturated heterocycles. The minimum Gasteiger partial charge on any atom is -0.449 e. The fourth-order valence-electron chi connectivity index (χ4n) is 3.93. The van der Waals surface area contributed by atoms with Gasteiger partial charge in [0.25, 0.3) is 0 Å². The number of rotatable bonds is 13. The Morgan fingerprint density at radius 3 is 2.18 bits per heavy atom. The van der Waals surface area contributed by atoms with Gasteiger partial charge in [0, 0.05) is 19.1 Å². The van der Waals surface area contributed by atoms with E-state index in [0.29, 0.717) is 19.8 Å². The third-order valence-electron chi connectivity index (χ3n) is 5.48. The summed E-state index contributed by atoms with van der Waals surface area (Å²) in [6.07, 6.45) is -1.14. The summed E-state index contributed by atoms with van der Waals surface area (Å²) in [5, 5.41) is 5.08. The summed E-state index contributed by atoms with van der Waals surface area (Å²) in [6.45, 7) is 3.96. The van der Waals surface area contributed by atoms with Crippen molar-refractivity contribution >= 4 is 17.9 Å². The van der Waals surface area contributed by atoms with Gasteiger partial charge in [-0.15, -0.1) is 0 Å². The molecule has 34 heavy (non-hydrogen) atoms. The lowest BCUT2D eigenvalue weighted by molar-refractivity contribution is -0.127. The summed E-state index contributed by atoms with van der Waals surface area (Å²) in [6, 6.07) is 14.8. The van der Waals surface area contributed by atoms with Crippen molar-refractivity contribution in [1.29, 1.82) is 0 Å². The fourth-order valence-corrected chi connectivity index (χ4v) is 3.93. The van der Waals surface area contributed by atoms with Crippen molar-refractivity contribution in [2.75, 3.05) is 39.6 Å². The molecule has 0 unspecified atom stereocenters. The van der Waals surface area contributed by atoms with E-state index in [4.69, 9.17) is 19.9 Å². The average Bonchev–Trinajstić information content (AvgIpc) is 3.15. The van der Waals surface area contributed by atoms with Crippen LogP contribution >= 0.6 is 0 Å². The molecule has 9 nitrogen and oxygen atoms in total. The molecule has 0 aromatic heterocycles. The molecule has 3 rings (SSSR count). The zero-order chi connectivity index (χ0) is 24.3. The van der Waals surface area contributed by atoms with Gasteiger partial charge in [-0.3, -0.25) is 9.59 Å². The molecule has 0 bridgehead atoms. The van der Waals surface area contributed by atoms with Gasteiger partial charge >= 0.3 is 6.09 Å². The van der Waals surface area contributed by atoms with Crippen LogP contribution in [0.5, 0.6) is 0 Å². The zero-order valence-electron chi connectivity index (χ0n) is 19.3. The SMILES string of the molecule is CCOCCOCCNC(=O)[C@H](CC(N)=O)NC(=O)OCC1c2ccccc2-c2ccccc21. The number of carbonyl (C=O) groups excluding carboxylic acids is 3. The van der Waals surface area contributed by atoms with E-state index in [1.165, 1.54) is 0 Å². The molecule has 1 aliphatic carbocycles. The van der Waals surface area contributed by atoms with Gasteiger partial charge in [-0.1, -0.05) is 48.5 Å². The van der Waals surface area contributed by atoms with E-state index in [9.17, 15) is 14.4 Å². The number of primary amides is 1. The van der Waals surface area contributed by atoms with Crippen molar-refractivity contribution in [3.8, 4) is 11.1 Å². The fraction of sp³-hybridized carbons (Fsp3) is 0.400. The van der Waals surface area contributed by atoms with Crippen molar-refractivity contribution in [3.05, 3.63) is 59.7 Å². The number of amides is 3. The van der Waals surface area contributed by atoms with Crippen LogP contribution in [0.1, 0.15) is 30.4 Å². The zero-order valence-corrected chi connectivity index (χ0v) is 19.3. The van der Waals surface area contributed by atoms with Crippen LogP contribution in [0.25, 0.3) is 11.1 Å². The summed E-state index contributed by atoms with van der Waals surface area (Å²) >= 11 is 0. The van der Waals surface area contributed by atoms with Crippen molar-refractivity contribution in [1.82, 2.24) is 10.6 Å². The molecule has 3 amide bonds. The molecule has 1 atom stereocenters. The van der Waals surface area contributed by atoms with Crippen LogP contribution in [0.15, 0.2) is 48.5 Å². The Morgan fingerprint density at radius 2 is 1.56 bits per heavy atom. The van der Waals surface area contributed by atoms with Crippen molar-refractivity contribution in [2.45, 2.75) is 25.3 Å². The van der Waals surface area contributed by atoms with Gasteiger partial charge in [0.15, 0.2) is 0 Å². The average molecular weight is 470 g/mol. The first kappa shape index (κ1) is 25.2. The minimum absolute atomic E-state index is 0.0957. The van der Waals surface area contributed by atoms with Gasteiger partial charge in [-0.2, -0.15) is 0 Å². The van der Waals surface area contributed by atoms with Gasteiger partial charge in [-0.05, 0) is 29.2 Å². The van der Waals surface area contributed by atoms with Crippen molar-refractivity contribution < 1.29 is 28.6 Å². The van der Waals surface area contributed by atoms with Crippen LogP contribution in [0.4, 0.5) is 4.79 Å². The molecule has 0 heterocycles. The maximum absolute atomic E-state index is 12.5. The molecule has 0 radical (unpaired) electrons. The lowest BCUT2D eigenvalue weighted by Crippen LogP contribution is -2.49. The quantitative estimate of drug-likeness (QED) is 0.385. The predicted octanol–water partition coefficient (Wildman–Crippen LogP) is 1.94. The largest absolute Gasteiger partial charge is 0.449 e. The first-order chi connectivity index (χ1) is 16.5. The highest BCUT2D eigenvalue weighted by Gasteiger charge is 2.30. The van der Waals surface area contributed by atoms with Gasteiger partial charge in [0.1, 0.15) is 12.6 Å². The number of nitrogens with two attached hydrogens (primary N) is 1. The van der Waals surface area contributed by atoms with E-state index in [-0.39, 0.29) is 32.1 Å². The molecular formula is C25H31N3O6. The van der Waals surface area contributed by atoms with E-state index < -0.39 is 23.9 Å². The molecule has 0 saturated carbocycles. The minimum atomic E-state index is -1.14. The number of hydrogen-bond acceptors (Lipinski definition) is 6. The van der Waals surface area contributed by atoms with E-state index in [1.54, 1.807) is 0 Å². The lowest BCUT2D eigenvalue weighted by atomic mass is 9.98. The normalized spacial score (nSPS) is 13.0. The van der Waals surface area contributed by atoms with Crippen LogP contribution in [0.3, 0.4) is 0 Å². The first-order valence-corrected chi connectivity index (χ1v) is 11.3. The lowest BCUT2D eigenvalue weighted by Gasteiger charge is -2.19. The highest BCUT2D eigenvalue weighted by molar-refractivity contribution is 5.90. The van der Waals surface area contributed by atoms with Crippen molar-refractivity contribution in [2.24, 2.45) is 5.73 Å². The number of carbonyl (C=O) groups is 3. The Labute approximate surface area is 198 Å². The molecule has 0 aliphatic heterocycles. The molecular weight excluding hydrogens is 438 g/mol. The second-order valence-corrected chi connectivity index (χ2v) is 7.79. The topological polar surface area (TPSA) is 129 Å². The van der Waals surface area contributed by atoms with Gasteiger partial charge < -0.3 is 30.6 Å². The Kier molecular flexibility index (Phi) is 9.42. The first-order valence-electron chi connectivity index (χ1n) is 11.3. The van der Waals surface area contributed by atoms with Crippen LogP contribution < -0.4 is 16.4 Å². The van der Waals surface area contributed by atoms with E-state index in [0.717, 1.165) is 22.3 Å². The maximum atomic E-state index is 12.5. The maximum Gasteiger partial charge on any atom is 0.407 e. The second kappa shape index (κ2) is 12.7. The molecule has 2 aromatic rings. The Bertz CT molecular complexity index is 951. The molecule has 182 valence electrons. The molecule has 0 fully saturated rings. The Hall–Kier alpha value is -3.43. The van der Waals surface area contributed by atoms with E-state index in [2.05, 4.69) is 10.6 Å². The summed E-state index contributed by atoms with van der Waals surface area (Å²) in [7, 11) is 0. The third-order valence-corrected chi connectivity index (χ3v) is 5.48. The number of ether oxygens (including phenoxy) is 3. The Balaban J connectivity index is 1.52. The van der Waals surface area contributed by atoms with Gasteiger partial charge in [0.05, 0.1) is 26.2 Å². The number of nitrogens with one attached hydrogen (secondary N) is 2. The Morgan fingerprint density at radius 1 is 0.941 bits per heavy atom. The molecule has 1 aliphatic rings. The molecule has 4 N–H and O–H groups in total. The van der Waals surface area contributed by atoms with Crippen LogP contribution in [-0.4, -0.2) is 63.5 Å². The van der Waals surface area contributed by atoms with E-state index >= 15 is 0 Å². The number of benzene rings is 2. The van der Waals surface area contributed by atoms with Crippen LogP contribution in [0.2, 0.25) is 0 Å². The second-order valence-electron chi connectivity index (χ2n) is 7.79. The van der Waals surface area contributed by atoms with Gasteiger partial charge in [0.2, 0.25) is 11.8 Å². The summed E-state index contributed by atoms with van der Waals surface area (Å²) in [4.78, 5) is 36.4. The van der Waals surface area contributed by atoms with Gasteiger partial charge in [-0.25, -0.2) is 4.79 Å². The molecule has 0 spiro atoms. The summed E-state index contributed by atoms with van der Waals surface area (Å²) in [5.41, 5.74) is 9.64. The summed E-state index contributed by atoms with van der Waals surface area (Å²) in [5.74, 6) is -1.37. The van der Waals surface area contributed by atoms with Crippen molar-refractivity contribution in [3.63, 3.8) is 0 Å². The molecule has 2 aromatic carbocycles. The monoisotopic (exact) mass is 469 g/mol. The van der Waals surface area contributed by atoms with Crippen LogP contribution in [0, 0.1) is 0 Å². The summed E-state index contributed by atoms with van der Waals surface area (Å²) < 4.78 is 16.0. The smallest absolute Gasteiger partial charge is 0.407 e. The molecule has 9 heteroatoms. The highest BCUT2D eigenvalue weighted by atomic mass is 16.5. The standard InChI is InChI=1S/C25H31N3O6/c1-2-32-13-14-33-12-11-27-24(30)22(15-23(26)29)28-25(31)34-16-21-19-9-5-3-7-17(19)18-8-4-6-10-20(18)21/h3-10,21-22H,2,11-16H2,1H3,(H2,26,29)(H,27,30)(H,28,31)/t22-/m0/s1. The third kappa shape index (κ3) is 6.79. The number of alkyl carbamates (subject to hydrolysis) is 1. The van der Waals surface area contributed by atoms with E-state index in [1.807, 2.05) is 55.5 Å². The number of fused-ring (bicyclic) bond motifs is 3.